The summed E-state index contributed by atoms with van der Waals surface area (Å²) in [6.07, 6.45) is 5.71. The van der Waals surface area contributed by atoms with E-state index < -0.39 is 11.5 Å². The Morgan fingerprint density at radius 1 is 1.10 bits per heavy atom. The lowest BCUT2D eigenvalue weighted by molar-refractivity contribution is 0.0691. The predicted molar refractivity (Wildman–Crippen MR) is 115 cm³/mol. The van der Waals surface area contributed by atoms with E-state index in [1.165, 1.54) is 12.1 Å². The van der Waals surface area contributed by atoms with Gasteiger partial charge < -0.3 is 4.74 Å². The van der Waals surface area contributed by atoms with Crippen molar-refractivity contribution in [3.8, 4) is 5.75 Å². The van der Waals surface area contributed by atoms with Crippen molar-refractivity contribution in [1.82, 2.24) is 4.90 Å². The van der Waals surface area contributed by atoms with Crippen LogP contribution in [-0.2, 0) is 0 Å². The highest BCUT2D eigenvalue weighted by Gasteiger charge is 2.48. The van der Waals surface area contributed by atoms with E-state index in [0.717, 1.165) is 49.8 Å². The van der Waals surface area contributed by atoms with E-state index in [9.17, 15) is 9.18 Å². The zero-order chi connectivity index (χ0) is 20.4. The summed E-state index contributed by atoms with van der Waals surface area (Å²) >= 11 is 5.76. The first-order valence-electron chi connectivity index (χ1n) is 9.93. The van der Waals surface area contributed by atoms with Gasteiger partial charge in [-0.25, -0.2) is 4.39 Å². The van der Waals surface area contributed by atoms with Crippen LogP contribution >= 0.6 is 12.2 Å². The molecule has 4 nitrogen and oxygen atoms in total. The van der Waals surface area contributed by atoms with Gasteiger partial charge in [0.2, 0.25) is 0 Å². The Morgan fingerprint density at radius 2 is 1.79 bits per heavy atom. The first-order chi connectivity index (χ1) is 14.0. The number of carbonyl (C=O) groups excluding carboxylic acids is 1. The molecule has 2 aliphatic rings. The minimum Gasteiger partial charge on any atom is -0.497 e. The molecule has 0 N–H and O–H groups in total. The Morgan fingerprint density at radius 3 is 2.41 bits per heavy atom. The van der Waals surface area contributed by atoms with Gasteiger partial charge in [-0.2, -0.15) is 0 Å². The Hall–Kier alpha value is -2.60. The molecule has 0 aromatic heterocycles. The molecule has 0 unspecified atom stereocenters. The fraction of sp³-hybridized carbons (Fsp3) is 0.348. The quantitative estimate of drug-likeness (QED) is 0.657. The van der Waals surface area contributed by atoms with Crippen LogP contribution in [0.2, 0.25) is 0 Å². The lowest BCUT2D eigenvalue weighted by atomic mass is 9.99. The van der Waals surface area contributed by atoms with E-state index in [4.69, 9.17) is 21.9 Å². The summed E-state index contributed by atoms with van der Waals surface area (Å²) in [7, 11) is 1.62. The van der Waals surface area contributed by atoms with Gasteiger partial charge in [-0.1, -0.05) is 31.1 Å². The van der Waals surface area contributed by atoms with E-state index >= 15 is 0 Å². The average Bonchev–Trinajstić information content (AvgIpc) is 2.87. The number of thiocarbonyl (C=S) groups is 1. The molecule has 1 aliphatic carbocycles. The second kappa shape index (κ2) is 8.03. The highest BCUT2D eigenvalue weighted by molar-refractivity contribution is 7.82. The molecule has 150 valence electrons. The largest absolute Gasteiger partial charge is 0.497 e. The number of rotatable bonds is 3. The summed E-state index contributed by atoms with van der Waals surface area (Å²) in [6, 6.07) is 13.3. The lowest BCUT2D eigenvalue weighted by Gasteiger charge is -2.35. The number of ether oxygens (including phenoxy) is 1. The second-order valence-electron chi connectivity index (χ2n) is 7.54. The van der Waals surface area contributed by atoms with Crippen molar-refractivity contribution in [2.24, 2.45) is 4.99 Å². The maximum Gasteiger partial charge on any atom is 0.261 e. The molecule has 2 aromatic rings. The van der Waals surface area contributed by atoms with Gasteiger partial charge in [-0.3, -0.25) is 14.7 Å². The molecule has 1 saturated carbocycles. The van der Waals surface area contributed by atoms with Gasteiger partial charge in [0, 0.05) is 11.1 Å². The monoisotopic (exact) mass is 410 g/mol. The molecule has 0 atom stereocenters. The van der Waals surface area contributed by atoms with Crippen LogP contribution in [0.15, 0.2) is 53.5 Å². The van der Waals surface area contributed by atoms with E-state index in [-0.39, 0.29) is 5.91 Å². The molecule has 0 bridgehead atoms. The van der Waals surface area contributed by atoms with Crippen LogP contribution in [-0.4, -0.2) is 34.3 Å². The average molecular weight is 411 g/mol. The van der Waals surface area contributed by atoms with Crippen molar-refractivity contribution < 1.29 is 13.9 Å². The van der Waals surface area contributed by atoms with Gasteiger partial charge in [0.1, 0.15) is 27.9 Å². The van der Waals surface area contributed by atoms with Crippen LogP contribution in [0, 0.1) is 5.82 Å². The van der Waals surface area contributed by atoms with Crippen LogP contribution in [0.3, 0.4) is 0 Å². The molecule has 0 saturated heterocycles. The minimum atomic E-state index is -0.688. The van der Waals surface area contributed by atoms with Gasteiger partial charge in [-0.05, 0) is 68.1 Å². The number of aliphatic imine (C=N–C) groups is 1. The highest BCUT2D eigenvalue weighted by atomic mass is 32.1. The summed E-state index contributed by atoms with van der Waals surface area (Å²) in [5.41, 5.74) is 1.11. The van der Waals surface area contributed by atoms with Gasteiger partial charge in [0.15, 0.2) is 0 Å². The van der Waals surface area contributed by atoms with E-state index in [0.29, 0.717) is 16.3 Å². The SMILES string of the molecule is COc1ccc(C2=NC3(CCCCCC3)N(C(=O)c3cccc(F)c3)C2=S)cc1. The third-order valence-corrected chi connectivity index (χ3v) is 6.06. The van der Waals surface area contributed by atoms with Crippen molar-refractivity contribution in [2.45, 2.75) is 44.2 Å². The minimum absolute atomic E-state index is 0.288. The number of carbonyl (C=O) groups is 1. The molecule has 2 aromatic carbocycles. The first kappa shape index (κ1) is 19.7. The van der Waals surface area contributed by atoms with Crippen LogP contribution < -0.4 is 4.74 Å². The van der Waals surface area contributed by atoms with Crippen molar-refractivity contribution >= 4 is 28.8 Å². The summed E-state index contributed by atoms with van der Waals surface area (Å²) < 4.78 is 19.0. The van der Waals surface area contributed by atoms with Gasteiger partial charge >= 0.3 is 0 Å². The summed E-state index contributed by atoms with van der Waals surface area (Å²) in [6.45, 7) is 0. The number of hydrogen-bond acceptors (Lipinski definition) is 4. The maximum absolute atomic E-state index is 13.8. The number of nitrogens with zero attached hydrogens (tertiary/aromatic N) is 2. The number of halogens is 1. The molecule has 29 heavy (non-hydrogen) atoms. The van der Waals surface area contributed by atoms with Crippen molar-refractivity contribution in [3.63, 3.8) is 0 Å². The highest BCUT2D eigenvalue weighted by Crippen LogP contribution is 2.40. The smallest absolute Gasteiger partial charge is 0.261 e. The Labute approximate surface area is 175 Å². The van der Waals surface area contributed by atoms with Crippen molar-refractivity contribution in [1.29, 1.82) is 0 Å². The molecule has 4 rings (SSSR count). The molecule has 0 radical (unpaired) electrons. The Balaban J connectivity index is 1.77. The maximum atomic E-state index is 13.8. The van der Waals surface area contributed by atoms with Gasteiger partial charge in [0.25, 0.3) is 5.91 Å². The number of hydrogen-bond donors (Lipinski definition) is 0. The Kier molecular flexibility index (Phi) is 5.46. The van der Waals surface area contributed by atoms with Crippen molar-refractivity contribution in [3.05, 3.63) is 65.5 Å². The zero-order valence-corrected chi connectivity index (χ0v) is 17.2. The van der Waals surface area contributed by atoms with Crippen LogP contribution in [0.1, 0.15) is 54.4 Å². The topological polar surface area (TPSA) is 41.9 Å². The number of amides is 1. The fourth-order valence-corrected chi connectivity index (χ4v) is 4.62. The van der Waals surface area contributed by atoms with E-state index in [2.05, 4.69) is 0 Å². The summed E-state index contributed by atoms with van der Waals surface area (Å²) in [5, 5.41) is 0. The van der Waals surface area contributed by atoms with E-state index in [1.807, 2.05) is 24.3 Å². The van der Waals surface area contributed by atoms with E-state index in [1.54, 1.807) is 24.1 Å². The number of methoxy groups -OCH3 is 1. The molecule has 1 fully saturated rings. The number of benzene rings is 2. The zero-order valence-electron chi connectivity index (χ0n) is 16.4. The molecule has 1 heterocycles. The van der Waals surface area contributed by atoms with Crippen LogP contribution in [0.25, 0.3) is 0 Å². The third kappa shape index (κ3) is 3.69. The van der Waals surface area contributed by atoms with Crippen LogP contribution in [0.4, 0.5) is 4.39 Å². The van der Waals surface area contributed by atoms with Gasteiger partial charge in [0.05, 0.1) is 7.11 Å². The molecule has 1 spiro atoms. The first-order valence-corrected chi connectivity index (χ1v) is 10.3. The molecular weight excluding hydrogens is 387 g/mol. The normalized spacial score (nSPS) is 18.5. The molecule has 6 heteroatoms. The summed E-state index contributed by atoms with van der Waals surface area (Å²) in [4.78, 5) is 20.5. The van der Waals surface area contributed by atoms with Crippen LogP contribution in [0.5, 0.6) is 5.75 Å². The summed E-state index contributed by atoms with van der Waals surface area (Å²) in [5.74, 6) is 0.0194. The van der Waals surface area contributed by atoms with Gasteiger partial charge in [-0.15, -0.1) is 0 Å². The Bertz CT molecular complexity index is 963. The second-order valence-corrected chi connectivity index (χ2v) is 7.93. The lowest BCUT2D eigenvalue weighted by Crippen LogP contribution is -2.49. The van der Waals surface area contributed by atoms with Crippen molar-refractivity contribution in [2.75, 3.05) is 7.11 Å². The molecule has 1 amide bonds. The predicted octanol–water partition coefficient (Wildman–Crippen LogP) is 5.16. The standard InChI is InChI=1S/C23H23FN2O2S/c1-28-19-11-9-16(10-12-19)20-22(29)26(21(27)17-7-6-8-18(24)15-17)23(25-20)13-4-2-3-5-14-23/h6-12,15H,2-5,13-14H2,1H3. The fourth-order valence-electron chi connectivity index (χ4n) is 4.20. The molecular formula is C23H23FN2O2S. The molecule has 1 aliphatic heterocycles. The third-order valence-electron chi connectivity index (χ3n) is 5.68.